The monoisotopic (exact) mass is 340 g/mol. The van der Waals surface area contributed by atoms with Gasteiger partial charge in [0.15, 0.2) is 11.6 Å². The molecule has 0 unspecified atom stereocenters. The van der Waals surface area contributed by atoms with Crippen LogP contribution >= 0.6 is 15.9 Å². The predicted octanol–water partition coefficient (Wildman–Crippen LogP) is 4.44. The molecule has 0 aliphatic rings. The van der Waals surface area contributed by atoms with Gasteiger partial charge in [0.25, 0.3) is 0 Å². The summed E-state index contributed by atoms with van der Waals surface area (Å²) in [5.74, 6) is 0.732. The van der Waals surface area contributed by atoms with Crippen molar-refractivity contribution in [3.8, 4) is 17.2 Å². The van der Waals surface area contributed by atoms with Crippen LogP contribution in [0.15, 0.2) is 40.9 Å². The van der Waals surface area contributed by atoms with Crippen LogP contribution in [0.5, 0.6) is 17.2 Å². The number of methoxy groups -OCH3 is 1. The largest absolute Gasteiger partial charge is 0.497 e. The summed E-state index contributed by atoms with van der Waals surface area (Å²) in [5, 5.41) is 9.40. The smallest absolute Gasteiger partial charge is 0.166 e. The van der Waals surface area contributed by atoms with Gasteiger partial charge in [-0.3, -0.25) is 0 Å². The highest BCUT2D eigenvalue weighted by Crippen LogP contribution is 2.34. The topological polar surface area (TPSA) is 38.7 Å². The molecule has 0 aliphatic carbocycles. The average molecular weight is 341 g/mol. The van der Waals surface area contributed by atoms with Crippen LogP contribution in [0.1, 0.15) is 18.6 Å². The van der Waals surface area contributed by atoms with Crippen LogP contribution in [0.4, 0.5) is 4.39 Å². The van der Waals surface area contributed by atoms with Crippen molar-refractivity contribution in [3.63, 3.8) is 0 Å². The van der Waals surface area contributed by atoms with Gasteiger partial charge in [0.2, 0.25) is 0 Å². The second-order valence-electron chi connectivity index (χ2n) is 4.26. The lowest BCUT2D eigenvalue weighted by Crippen LogP contribution is -1.95. The molecule has 0 aliphatic heterocycles. The van der Waals surface area contributed by atoms with E-state index >= 15 is 0 Å². The summed E-state index contributed by atoms with van der Waals surface area (Å²) in [6.07, 6.45) is -0.716. The van der Waals surface area contributed by atoms with Gasteiger partial charge in [0.05, 0.1) is 17.7 Å². The summed E-state index contributed by atoms with van der Waals surface area (Å²) in [5.41, 5.74) is 0.503. The van der Waals surface area contributed by atoms with Crippen molar-refractivity contribution < 1.29 is 19.0 Å². The minimum atomic E-state index is -0.716. The number of rotatable bonds is 4. The normalized spacial score (nSPS) is 12.1. The van der Waals surface area contributed by atoms with Gasteiger partial charge in [0.1, 0.15) is 11.5 Å². The molecule has 2 rings (SSSR count). The molecule has 2 aromatic rings. The van der Waals surface area contributed by atoms with E-state index in [1.165, 1.54) is 12.1 Å². The van der Waals surface area contributed by atoms with Crippen LogP contribution < -0.4 is 9.47 Å². The molecule has 0 heterocycles. The molecule has 0 amide bonds. The van der Waals surface area contributed by atoms with E-state index in [0.29, 0.717) is 21.5 Å². The van der Waals surface area contributed by atoms with Gasteiger partial charge in [0, 0.05) is 0 Å². The highest BCUT2D eigenvalue weighted by Gasteiger charge is 2.11. The number of halogens is 2. The molecule has 0 aromatic heterocycles. The molecule has 0 radical (unpaired) electrons. The lowest BCUT2D eigenvalue weighted by molar-refractivity contribution is 0.198. The van der Waals surface area contributed by atoms with Crippen LogP contribution in [0, 0.1) is 5.82 Å². The number of aliphatic hydroxyl groups is 1. The van der Waals surface area contributed by atoms with Gasteiger partial charge in [-0.2, -0.15) is 0 Å². The van der Waals surface area contributed by atoms with Gasteiger partial charge in [-0.1, -0.05) is 6.07 Å². The maximum atomic E-state index is 13.9. The Morgan fingerprint density at radius 1 is 1.15 bits per heavy atom. The third-order valence-corrected chi connectivity index (χ3v) is 3.42. The number of benzene rings is 2. The van der Waals surface area contributed by atoms with Gasteiger partial charge in [-0.25, -0.2) is 4.39 Å². The fourth-order valence-corrected chi connectivity index (χ4v) is 2.11. The molecule has 5 heteroatoms. The Balaban J connectivity index is 2.26. The lowest BCUT2D eigenvalue weighted by atomic mass is 10.1. The Labute approximate surface area is 125 Å². The average Bonchev–Trinajstić information content (AvgIpc) is 2.42. The first-order valence-corrected chi connectivity index (χ1v) is 6.79. The first-order chi connectivity index (χ1) is 9.51. The molecule has 2 aromatic carbocycles. The molecule has 1 atom stereocenters. The lowest BCUT2D eigenvalue weighted by Gasteiger charge is -2.11. The van der Waals surface area contributed by atoms with Crippen molar-refractivity contribution in [1.29, 1.82) is 0 Å². The fraction of sp³-hybridized carbons (Fsp3) is 0.200. The molecule has 0 fully saturated rings. The Morgan fingerprint density at radius 3 is 2.40 bits per heavy atom. The van der Waals surface area contributed by atoms with Crippen LogP contribution in [0.25, 0.3) is 0 Å². The second kappa shape index (κ2) is 6.24. The number of hydrogen-bond acceptors (Lipinski definition) is 3. The summed E-state index contributed by atoms with van der Waals surface area (Å²) >= 11 is 3.34. The Kier molecular flexibility index (Phi) is 4.62. The number of ether oxygens (including phenoxy) is 2. The van der Waals surface area contributed by atoms with E-state index in [-0.39, 0.29) is 5.75 Å². The molecule has 0 saturated carbocycles. The van der Waals surface area contributed by atoms with Crippen LogP contribution in [-0.2, 0) is 0 Å². The van der Waals surface area contributed by atoms with Gasteiger partial charge < -0.3 is 14.6 Å². The van der Waals surface area contributed by atoms with Crippen LogP contribution in [-0.4, -0.2) is 12.2 Å². The highest BCUT2D eigenvalue weighted by molar-refractivity contribution is 9.10. The van der Waals surface area contributed by atoms with Gasteiger partial charge in [-0.15, -0.1) is 0 Å². The molecule has 0 spiro atoms. The quantitative estimate of drug-likeness (QED) is 0.893. The van der Waals surface area contributed by atoms with Crippen molar-refractivity contribution in [2.45, 2.75) is 13.0 Å². The first-order valence-electron chi connectivity index (χ1n) is 6.00. The molecule has 0 bridgehead atoms. The molecule has 3 nitrogen and oxygen atoms in total. The van der Waals surface area contributed by atoms with Crippen LogP contribution in [0.3, 0.4) is 0 Å². The second-order valence-corrected chi connectivity index (χ2v) is 5.12. The number of hydrogen-bond donors (Lipinski definition) is 1. The highest BCUT2D eigenvalue weighted by atomic mass is 79.9. The Bertz CT molecular complexity index is 614. The third kappa shape index (κ3) is 3.29. The Hall–Kier alpha value is -1.59. The maximum absolute atomic E-state index is 13.9. The number of aliphatic hydroxyl groups excluding tert-OH is 1. The minimum absolute atomic E-state index is 0.0975. The summed E-state index contributed by atoms with van der Waals surface area (Å²) in [4.78, 5) is 0. The summed E-state index contributed by atoms with van der Waals surface area (Å²) in [6, 6.07) is 9.52. The molecule has 20 heavy (non-hydrogen) atoms. The van der Waals surface area contributed by atoms with Crippen molar-refractivity contribution in [3.05, 3.63) is 52.3 Å². The molecular weight excluding hydrogens is 327 g/mol. The van der Waals surface area contributed by atoms with Gasteiger partial charge in [-0.05, 0) is 58.7 Å². The maximum Gasteiger partial charge on any atom is 0.166 e. The standard InChI is InChI=1S/C15H14BrFO3/c1-9(18)10-3-5-15(13(17)7-10)20-14-6-4-11(19-2)8-12(14)16/h3-9,18H,1-2H3/t9-/m0/s1. The molecule has 106 valence electrons. The zero-order valence-electron chi connectivity index (χ0n) is 11.1. The van der Waals surface area contributed by atoms with Crippen molar-refractivity contribution in [2.75, 3.05) is 7.11 Å². The zero-order chi connectivity index (χ0) is 14.7. The Morgan fingerprint density at radius 2 is 1.85 bits per heavy atom. The first kappa shape index (κ1) is 14.8. The predicted molar refractivity (Wildman–Crippen MR) is 77.8 cm³/mol. The third-order valence-electron chi connectivity index (χ3n) is 2.80. The summed E-state index contributed by atoms with van der Waals surface area (Å²) < 4.78 is 25.2. The molecule has 1 N–H and O–H groups in total. The van der Waals surface area contributed by atoms with E-state index in [9.17, 15) is 9.50 Å². The molecular formula is C15H14BrFO3. The van der Waals surface area contributed by atoms with E-state index < -0.39 is 11.9 Å². The molecule has 0 saturated heterocycles. The zero-order valence-corrected chi connectivity index (χ0v) is 12.6. The SMILES string of the molecule is COc1ccc(Oc2ccc([C@H](C)O)cc2F)c(Br)c1. The van der Waals surface area contributed by atoms with E-state index in [4.69, 9.17) is 9.47 Å². The van der Waals surface area contributed by atoms with Crippen molar-refractivity contribution in [2.24, 2.45) is 0 Å². The van der Waals surface area contributed by atoms with E-state index in [0.717, 1.165) is 0 Å². The van der Waals surface area contributed by atoms with Crippen molar-refractivity contribution >= 4 is 15.9 Å². The fourth-order valence-electron chi connectivity index (χ4n) is 1.67. The van der Waals surface area contributed by atoms with E-state index in [1.54, 1.807) is 38.3 Å². The van der Waals surface area contributed by atoms with Crippen LogP contribution in [0.2, 0.25) is 0 Å². The summed E-state index contributed by atoms with van der Waals surface area (Å²) in [6.45, 7) is 1.58. The summed E-state index contributed by atoms with van der Waals surface area (Å²) in [7, 11) is 1.57. The van der Waals surface area contributed by atoms with E-state index in [2.05, 4.69) is 15.9 Å². The van der Waals surface area contributed by atoms with E-state index in [1.807, 2.05) is 0 Å². The minimum Gasteiger partial charge on any atom is -0.497 e. The van der Waals surface area contributed by atoms with Crippen molar-refractivity contribution in [1.82, 2.24) is 0 Å². The van der Waals surface area contributed by atoms with Gasteiger partial charge >= 0.3 is 0 Å².